The number of hydrogen-bond acceptors (Lipinski definition) is 1. The van der Waals surface area contributed by atoms with E-state index in [1.807, 2.05) is 4.90 Å². The van der Waals surface area contributed by atoms with E-state index in [1.54, 1.807) is 0 Å². The molecule has 0 aliphatic heterocycles. The molecule has 1 fully saturated rings. The fourth-order valence-corrected chi connectivity index (χ4v) is 1.84. The molecule has 16 heavy (non-hydrogen) atoms. The van der Waals surface area contributed by atoms with E-state index < -0.39 is 0 Å². The molecular formula is C13H26N2O. The summed E-state index contributed by atoms with van der Waals surface area (Å²) in [4.78, 5) is 13.9. The van der Waals surface area contributed by atoms with E-state index in [4.69, 9.17) is 0 Å². The van der Waals surface area contributed by atoms with Crippen molar-refractivity contribution in [2.24, 2.45) is 5.92 Å². The molecule has 1 aliphatic carbocycles. The zero-order chi connectivity index (χ0) is 11.8. The summed E-state index contributed by atoms with van der Waals surface area (Å²) in [6.45, 7) is 7.00. The molecule has 0 spiro atoms. The number of hydrogen-bond donors (Lipinski definition) is 1. The summed E-state index contributed by atoms with van der Waals surface area (Å²) < 4.78 is 0. The van der Waals surface area contributed by atoms with Crippen LogP contribution in [-0.4, -0.2) is 30.6 Å². The molecule has 0 aromatic carbocycles. The second-order valence-electron chi connectivity index (χ2n) is 4.83. The minimum Gasteiger partial charge on any atom is -0.338 e. The third kappa shape index (κ3) is 5.38. The van der Waals surface area contributed by atoms with E-state index in [0.29, 0.717) is 0 Å². The fraction of sp³-hybridized carbons (Fsp3) is 0.923. The first kappa shape index (κ1) is 13.3. The van der Waals surface area contributed by atoms with Crippen LogP contribution in [0, 0.1) is 5.92 Å². The topological polar surface area (TPSA) is 32.3 Å². The van der Waals surface area contributed by atoms with E-state index in [9.17, 15) is 4.79 Å². The largest absolute Gasteiger partial charge is 0.338 e. The van der Waals surface area contributed by atoms with Gasteiger partial charge in [0.25, 0.3) is 0 Å². The lowest BCUT2D eigenvalue weighted by molar-refractivity contribution is 0.195. The van der Waals surface area contributed by atoms with Crippen molar-refractivity contribution in [3.05, 3.63) is 0 Å². The lowest BCUT2D eigenvalue weighted by atomic mass is 10.2. The van der Waals surface area contributed by atoms with Crippen molar-refractivity contribution in [1.82, 2.24) is 10.2 Å². The van der Waals surface area contributed by atoms with Crippen molar-refractivity contribution in [3.63, 3.8) is 0 Å². The van der Waals surface area contributed by atoms with Gasteiger partial charge in [-0.05, 0) is 31.6 Å². The van der Waals surface area contributed by atoms with Gasteiger partial charge in [0, 0.05) is 19.6 Å². The van der Waals surface area contributed by atoms with Gasteiger partial charge < -0.3 is 10.2 Å². The third-order valence-corrected chi connectivity index (χ3v) is 3.01. The van der Waals surface area contributed by atoms with Gasteiger partial charge in [0.15, 0.2) is 0 Å². The SMILES string of the molecule is CCCCCNC(=O)N(CCC)CC1CC1. The second kappa shape index (κ2) is 7.53. The first-order chi connectivity index (χ1) is 7.77. The Morgan fingerprint density at radius 1 is 1.25 bits per heavy atom. The van der Waals surface area contributed by atoms with Crippen LogP contribution >= 0.6 is 0 Å². The molecule has 3 heteroatoms. The zero-order valence-corrected chi connectivity index (χ0v) is 10.8. The van der Waals surface area contributed by atoms with Crippen LogP contribution in [0.1, 0.15) is 52.4 Å². The number of urea groups is 1. The van der Waals surface area contributed by atoms with Gasteiger partial charge in [-0.1, -0.05) is 26.7 Å². The lowest BCUT2D eigenvalue weighted by Crippen LogP contribution is -2.41. The first-order valence-electron chi connectivity index (χ1n) is 6.80. The van der Waals surface area contributed by atoms with E-state index in [-0.39, 0.29) is 6.03 Å². The van der Waals surface area contributed by atoms with Crippen molar-refractivity contribution >= 4 is 6.03 Å². The number of nitrogens with zero attached hydrogens (tertiary/aromatic N) is 1. The average Bonchev–Trinajstić information content (AvgIpc) is 3.07. The van der Waals surface area contributed by atoms with Gasteiger partial charge in [-0.2, -0.15) is 0 Å². The molecule has 94 valence electrons. The average molecular weight is 226 g/mol. The summed E-state index contributed by atoms with van der Waals surface area (Å²) in [5.41, 5.74) is 0. The van der Waals surface area contributed by atoms with Crippen molar-refractivity contribution < 1.29 is 4.79 Å². The van der Waals surface area contributed by atoms with E-state index in [1.165, 1.54) is 25.7 Å². The summed E-state index contributed by atoms with van der Waals surface area (Å²) in [5.74, 6) is 0.785. The van der Waals surface area contributed by atoms with E-state index in [2.05, 4.69) is 19.2 Å². The molecule has 0 aromatic rings. The van der Waals surface area contributed by atoms with Crippen LogP contribution in [0.5, 0.6) is 0 Å². The highest BCUT2D eigenvalue weighted by molar-refractivity contribution is 5.74. The molecule has 0 radical (unpaired) electrons. The van der Waals surface area contributed by atoms with Crippen LogP contribution in [0.25, 0.3) is 0 Å². The van der Waals surface area contributed by atoms with Crippen molar-refractivity contribution in [2.45, 2.75) is 52.4 Å². The predicted molar refractivity (Wildman–Crippen MR) is 67.5 cm³/mol. The standard InChI is InChI=1S/C13H26N2O/c1-3-5-6-9-14-13(16)15(10-4-2)11-12-7-8-12/h12H,3-11H2,1-2H3,(H,14,16). The molecule has 1 aliphatic rings. The predicted octanol–water partition coefficient (Wildman–Crippen LogP) is 3.01. The summed E-state index contributed by atoms with van der Waals surface area (Å²) in [6, 6.07) is 0.143. The van der Waals surface area contributed by atoms with Gasteiger partial charge >= 0.3 is 6.03 Å². The first-order valence-corrected chi connectivity index (χ1v) is 6.80. The van der Waals surface area contributed by atoms with Crippen molar-refractivity contribution in [1.29, 1.82) is 0 Å². The molecule has 0 bridgehead atoms. The van der Waals surface area contributed by atoms with Crippen LogP contribution in [0.3, 0.4) is 0 Å². The molecule has 2 amide bonds. The van der Waals surface area contributed by atoms with E-state index in [0.717, 1.165) is 38.4 Å². The van der Waals surface area contributed by atoms with Crippen molar-refractivity contribution in [3.8, 4) is 0 Å². The molecule has 1 saturated carbocycles. The minimum atomic E-state index is 0.143. The highest BCUT2D eigenvalue weighted by Crippen LogP contribution is 2.29. The Hall–Kier alpha value is -0.730. The highest BCUT2D eigenvalue weighted by Gasteiger charge is 2.26. The summed E-state index contributed by atoms with van der Waals surface area (Å²) in [7, 11) is 0. The van der Waals surface area contributed by atoms with Gasteiger partial charge in [0.2, 0.25) is 0 Å². The summed E-state index contributed by atoms with van der Waals surface area (Å²) >= 11 is 0. The monoisotopic (exact) mass is 226 g/mol. The molecule has 0 heterocycles. The Bertz CT molecular complexity index is 202. The zero-order valence-electron chi connectivity index (χ0n) is 10.8. The van der Waals surface area contributed by atoms with Gasteiger partial charge in [-0.3, -0.25) is 0 Å². The Kier molecular flexibility index (Phi) is 6.27. The molecule has 1 N–H and O–H groups in total. The molecule has 0 saturated heterocycles. The maximum atomic E-state index is 11.9. The maximum absolute atomic E-state index is 11.9. The Morgan fingerprint density at radius 3 is 2.56 bits per heavy atom. The van der Waals surface area contributed by atoms with Crippen LogP contribution in [0.2, 0.25) is 0 Å². The third-order valence-electron chi connectivity index (χ3n) is 3.01. The lowest BCUT2D eigenvalue weighted by Gasteiger charge is -2.22. The normalized spacial score (nSPS) is 14.9. The molecule has 0 unspecified atom stereocenters. The molecular weight excluding hydrogens is 200 g/mol. The number of carbonyl (C=O) groups is 1. The molecule has 1 rings (SSSR count). The van der Waals surface area contributed by atoms with E-state index >= 15 is 0 Å². The molecule has 3 nitrogen and oxygen atoms in total. The Labute approximate surface area is 99.6 Å². The minimum absolute atomic E-state index is 0.143. The molecule has 0 atom stereocenters. The molecule has 0 aromatic heterocycles. The fourth-order valence-electron chi connectivity index (χ4n) is 1.84. The van der Waals surface area contributed by atoms with Crippen LogP contribution in [0.15, 0.2) is 0 Å². The van der Waals surface area contributed by atoms with Crippen LogP contribution in [-0.2, 0) is 0 Å². The quantitative estimate of drug-likeness (QED) is 0.634. The summed E-state index contributed by atoms with van der Waals surface area (Å²) in [6.07, 6.45) is 7.18. The number of nitrogens with one attached hydrogen (secondary N) is 1. The van der Waals surface area contributed by atoms with Gasteiger partial charge in [0.05, 0.1) is 0 Å². The van der Waals surface area contributed by atoms with Gasteiger partial charge in [-0.15, -0.1) is 0 Å². The van der Waals surface area contributed by atoms with Crippen LogP contribution < -0.4 is 5.32 Å². The number of amides is 2. The summed E-state index contributed by atoms with van der Waals surface area (Å²) in [5, 5.41) is 3.02. The second-order valence-corrected chi connectivity index (χ2v) is 4.83. The maximum Gasteiger partial charge on any atom is 0.317 e. The number of rotatable bonds is 8. The Balaban J connectivity index is 2.17. The number of unbranched alkanes of at least 4 members (excludes halogenated alkanes) is 2. The van der Waals surface area contributed by atoms with Crippen molar-refractivity contribution in [2.75, 3.05) is 19.6 Å². The smallest absolute Gasteiger partial charge is 0.317 e. The number of carbonyl (C=O) groups excluding carboxylic acids is 1. The Morgan fingerprint density at radius 2 is 2.00 bits per heavy atom. The van der Waals surface area contributed by atoms with Gasteiger partial charge in [-0.25, -0.2) is 4.79 Å². The van der Waals surface area contributed by atoms with Crippen LogP contribution in [0.4, 0.5) is 4.79 Å². The van der Waals surface area contributed by atoms with Gasteiger partial charge in [0.1, 0.15) is 0 Å². The highest BCUT2D eigenvalue weighted by atomic mass is 16.2.